The number of carbonyl (C=O) groups excluding carboxylic acids is 1. The van der Waals surface area contributed by atoms with Gasteiger partial charge in [-0.05, 0) is 18.2 Å². The number of anilines is 1. The molecule has 1 heterocycles. The Hall–Kier alpha value is -2.08. The van der Waals surface area contributed by atoms with E-state index in [9.17, 15) is 14.7 Å². The van der Waals surface area contributed by atoms with E-state index in [1.165, 1.54) is 4.90 Å². The Labute approximate surface area is 117 Å². The van der Waals surface area contributed by atoms with Gasteiger partial charge < -0.3 is 20.0 Å². The molecule has 1 aromatic rings. The third-order valence-electron chi connectivity index (χ3n) is 3.43. The van der Waals surface area contributed by atoms with Crippen molar-refractivity contribution in [2.45, 2.75) is 18.6 Å². The normalized spacial score (nSPS) is 21.9. The molecular formula is C14H18N2O4. The van der Waals surface area contributed by atoms with Crippen molar-refractivity contribution in [2.24, 2.45) is 0 Å². The van der Waals surface area contributed by atoms with E-state index in [-0.39, 0.29) is 18.9 Å². The number of β-amino-alcohol motifs (C(OH)–C–C–N with tert-alkyl or cyclic N) is 1. The van der Waals surface area contributed by atoms with E-state index >= 15 is 0 Å². The monoisotopic (exact) mass is 278 g/mol. The van der Waals surface area contributed by atoms with Crippen LogP contribution >= 0.6 is 0 Å². The van der Waals surface area contributed by atoms with Gasteiger partial charge in [0.25, 0.3) is 5.91 Å². The van der Waals surface area contributed by atoms with E-state index in [1.54, 1.807) is 18.2 Å². The molecule has 0 saturated carbocycles. The summed E-state index contributed by atoms with van der Waals surface area (Å²) in [5, 5.41) is 18.7. The van der Waals surface area contributed by atoms with Gasteiger partial charge in [0.1, 0.15) is 6.04 Å². The average Bonchev–Trinajstić information content (AvgIpc) is 2.80. The van der Waals surface area contributed by atoms with Crippen LogP contribution in [0.4, 0.5) is 5.69 Å². The number of hydrogen-bond donors (Lipinski definition) is 2. The molecule has 20 heavy (non-hydrogen) atoms. The lowest BCUT2D eigenvalue weighted by atomic mass is 10.1. The molecule has 1 saturated heterocycles. The first-order valence-electron chi connectivity index (χ1n) is 6.39. The Bertz CT molecular complexity index is 530. The largest absolute Gasteiger partial charge is 0.480 e. The molecule has 1 aromatic carbocycles. The molecule has 6 nitrogen and oxygen atoms in total. The van der Waals surface area contributed by atoms with E-state index in [1.807, 2.05) is 25.1 Å². The number of aliphatic hydroxyl groups excluding tert-OH is 1. The Balaban J connectivity index is 2.26. The highest BCUT2D eigenvalue weighted by molar-refractivity contribution is 5.97. The number of nitrogens with zero attached hydrogens (tertiary/aromatic N) is 2. The average molecular weight is 278 g/mol. The quantitative estimate of drug-likeness (QED) is 0.837. The SMILES string of the molecule is CN(C)c1cccc(C(=O)N2CC(O)CC2C(=O)O)c1. The number of aliphatic hydroxyl groups is 1. The lowest BCUT2D eigenvalue weighted by Crippen LogP contribution is -2.40. The Kier molecular flexibility index (Phi) is 3.94. The first-order chi connectivity index (χ1) is 9.40. The third kappa shape index (κ3) is 2.75. The maximum Gasteiger partial charge on any atom is 0.326 e. The molecule has 2 unspecified atom stereocenters. The molecule has 108 valence electrons. The number of likely N-dealkylation sites (tertiary alicyclic amines) is 1. The molecule has 0 bridgehead atoms. The zero-order chi connectivity index (χ0) is 14.9. The van der Waals surface area contributed by atoms with Gasteiger partial charge in [-0.1, -0.05) is 6.07 Å². The first-order valence-corrected chi connectivity index (χ1v) is 6.39. The summed E-state index contributed by atoms with van der Waals surface area (Å²) in [6.45, 7) is 0.0575. The molecular weight excluding hydrogens is 260 g/mol. The fraction of sp³-hybridized carbons (Fsp3) is 0.429. The fourth-order valence-corrected chi connectivity index (χ4v) is 2.36. The van der Waals surface area contributed by atoms with E-state index in [2.05, 4.69) is 0 Å². The molecule has 2 N–H and O–H groups in total. The smallest absolute Gasteiger partial charge is 0.326 e. The zero-order valence-electron chi connectivity index (χ0n) is 11.5. The van der Waals surface area contributed by atoms with Crippen LogP contribution in [0.25, 0.3) is 0 Å². The molecule has 2 rings (SSSR count). The number of amides is 1. The second kappa shape index (κ2) is 5.50. The van der Waals surface area contributed by atoms with Crippen molar-refractivity contribution >= 4 is 17.6 Å². The zero-order valence-corrected chi connectivity index (χ0v) is 11.5. The number of rotatable bonds is 3. The van der Waals surface area contributed by atoms with Crippen LogP contribution in [0.5, 0.6) is 0 Å². The second-order valence-corrected chi connectivity index (χ2v) is 5.15. The van der Waals surface area contributed by atoms with Crippen LogP contribution in [-0.4, -0.2) is 59.8 Å². The minimum Gasteiger partial charge on any atom is -0.480 e. The van der Waals surface area contributed by atoms with Gasteiger partial charge in [-0.3, -0.25) is 4.79 Å². The van der Waals surface area contributed by atoms with Crippen molar-refractivity contribution in [3.63, 3.8) is 0 Å². The number of benzene rings is 1. The van der Waals surface area contributed by atoms with Crippen molar-refractivity contribution in [3.05, 3.63) is 29.8 Å². The summed E-state index contributed by atoms with van der Waals surface area (Å²) in [6, 6.07) is 6.03. The number of carboxylic acids is 1. The van der Waals surface area contributed by atoms with Crippen molar-refractivity contribution < 1.29 is 19.8 Å². The predicted molar refractivity (Wildman–Crippen MR) is 73.9 cm³/mol. The lowest BCUT2D eigenvalue weighted by Gasteiger charge is -2.22. The predicted octanol–water partition coefficient (Wildman–Crippen LogP) is 0.413. The summed E-state index contributed by atoms with van der Waals surface area (Å²) in [6.07, 6.45) is -0.703. The van der Waals surface area contributed by atoms with Gasteiger partial charge in [0.05, 0.1) is 6.10 Å². The van der Waals surface area contributed by atoms with Crippen LogP contribution in [0.2, 0.25) is 0 Å². The van der Waals surface area contributed by atoms with E-state index in [0.717, 1.165) is 5.69 Å². The van der Waals surface area contributed by atoms with Crippen molar-refractivity contribution in [1.82, 2.24) is 4.90 Å². The second-order valence-electron chi connectivity index (χ2n) is 5.15. The summed E-state index contributed by atoms with van der Waals surface area (Å²) in [7, 11) is 3.73. The van der Waals surface area contributed by atoms with Gasteiger partial charge in [0, 0.05) is 38.3 Å². The van der Waals surface area contributed by atoms with Crippen molar-refractivity contribution in [1.29, 1.82) is 0 Å². The number of carbonyl (C=O) groups is 2. The molecule has 6 heteroatoms. The fourth-order valence-electron chi connectivity index (χ4n) is 2.36. The number of carboxylic acid groups (broad SMARTS) is 1. The van der Waals surface area contributed by atoms with Crippen LogP contribution < -0.4 is 4.90 Å². The van der Waals surface area contributed by atoms with Gasteiger partial charge in [-0.25, -0.2) is 4.79 Å². The van der Waals surface area contributed by atoms with E-state index < -0.39 is 18.1 Å². The molecule has 0 spiro atoms. The van der Waals surface area contributed by atoms with Gasteiger partial charge in [0.2, 0.25) is 0 Å². The van der Waals surface area contributed by atoms with Crippen LogP contribution in [0.3, 0.4) is 0 Å². The maximum absolute atomic E-state index is 12.4. The standard InChI is InChI=1S/C14H18N2O4/c1-15(2)10-5-3-4-9(6-10)13(18)16-8-11(17)7-12(16)14(19)20/h3-6,11-12,17H,7-8H2,1-2H3,(H,19,20). The summed E-state index contributed by atoms with van der Waals surface area (Å²) >= 11 is 0. The highest BCUT2D eigenvalue weighted by Crippen LogP contribution is 2.22. The third-order valence-corrected chi connectivity index (χ3v) is 3.43. The molecule has 1 aliphatic heterocycles. The topological polar surface area (TPSA) is 81.1 Å². The van der Waals surface area contributed by atoms with Crippen LogP contribution in [0, 0.1) is 0 Å². The maximum atomic E-state index is 12.4. The number of hydrogen-bond acceptors (Lipinski definition) is 4. The lowest BCUT2D eigenvalue weighted by molar-refractivity contribution is -0.141. The Morgan fingerprint density at radius 2 is 2.05 bits per heavy atom. The van der Waals surface area contributed by atoms with E-state index in [0.29, 0.717) is 5.56 Å². The van der Waals surface area contributed by atoms with Crippen molar-refractivity contribution in [3.8, 4) is 0 Å². The summed E-state index contributed by atoms with van der Waals surface area (Å²) in [5.41, 5.74) is 1.29. The van der Waals surface area contributed by atoms with Gasteiger partial charge in [-0.15, -0.1) is 0 Å². The van der Waals surface area contributed by atoms with Crippen LogP contribution in [0.1, 0.15) is 16.8 Å². The first kappa shape index (κ1) is 14.3. The number of aliphatic carboxylic acids is 1. The van der Waals surface area contributed by atoms with Gasteiger partial charge in [-0.2, -0.15) is 0 Å². The molecule has 0 aromatic heterocycles. The summed E-state index contributed by atoms with van der Waals surface area (Å²) < 4.78 is 0. The minimum absolute atomic E-state index is 0.0575. The van der Waals surface area contributed by atoms with Crippen molar-refractivity contribution in [2.75, 3.05) is 25.5 Å². The summed E-state index contributed by atoms with van der Waals surface area (Å²) in [5.74, 6) is -1.45. The highest BCUT2D eigenvalue weighted by atomic mass is 16.4. The van der Waals surface area contributed by atoms with Crippen LogP contribution in [-0.2, 0) is 4.79 Å². The molecule has 2 atom stereocenters. The minimum atomic E-state index is -1.08. The molecule has 1 amide bonds. The Morgan fingerprint density at radius 1 is 1.35 bits per heavy atom. The molecule has 0 aliphatic carbocycles. The van der Waals surface area contributed by atoms with Gasteiger partial charge in [0.15, 0.2) is 0 Å². The van der Waals surface area contributed by atoms with E-state index in [4.69, 9.17) is 5.11 Å². The molecule has 1 fully saturated rings. The molecule has 1 aliphatic rings. The Morgan fingerprint density at radius 3 is 2.65 bits per heavy atom. The highest BCUT2D eigenvalue weighted by Gasteiger charge is 2.39. The summed E-state index contributed by atoms with van der Waals surface area (Å²) in [4.78, 5) is 26.7. The van der Waals surface area contributed by atoms with Gasteiger partial charge >= 0.3 is 5.97 Å². The molecule has 0 radical (unpaired) electrons. The van der Waals surface area contributed by atoms with Crippen LogP contribution in [0.15, 0.2) is 24.3 Å².